The Balaban J connectivity index is 1.17. The minimum absolute atomic E-state index is 0.0168. The molecule has 10 nitrogen and oxygen atoms in total. The summed E-state index contributed by atoms with van der Waals surface area (Å²) in [7, 11) is 0. The van der Waals surface area contributed by atoms with Crippen LogP contribution in [0.2, 0.25) is 0 Å². The van der Waals surface area contributed by atoms with Crippen molar-refractivity contribution in [2.45, 2.75) is 127 Å². The number of esters is 1. The second-order valence-corrected chi connectivity index (χ2v) is 14.7. The van der Waals surface area contributed by atoms with Gasteiger partial charge in [0.05, 0.1) is 42.3 Å². The molecule has 4 saturated carbocycles. The monoisotopic (exact) mass is 613 g/mol. The number of hydrogen-bond donors (Lipinski definition) is 4. The SMILES string of the molecule is C[C@@H]1O[C@H](O[C@H]2CC[C@]3(C=NCc4ccco4)[C@H]4CC[C@]5(C)[C@@H](C6=CC(=O)OC6)CC[C@]5(O)[C@@H]4CC[C@]3(O)C2)C[C@H](O)[C@@H]1O. The van der Waals surface area contributed by atoms with E-state index in [9.17, 15) is 25.2 Å². The van der Waals surface area contributed by atoms with Crippen molar-refractivity contribution in [2.24, 2.45) is 33.6 Å². The third-order valence-electron chi connectivity index (χ3n) is 12.8. The zero-order chi connectivity index (χ0) is 30.9. The molecule has 2 aliphatic heterocycles. The molecular weight excluding hydrogens is 566 g/mol. The van der Waals surface area contributed by atoms with Crippen LogP contribution in [0.15, 0.2) is 39.5 Å². The maximum atomic E-state index is 12.7. The quantitative estimate of drug-likeness (QED) is 0.215. The Kier molecular flexibility index (Phi) is 7.66. The number of furan rings is 1. The summed E-state index contributed by atoms with van der Waals surface area (Å²) in [6.07, 6.45) is 8.14. The van der Waals surface area contributed by atoms with Crippen molar-refractivity contribution in [3.05, 3.63) is 35.8 Å². The van der Waals surface area contributed by atoms with Crippen LogP contribution in [0.3, 0.4) is 0 Å². The summed E-state index contributed by atoms with van der Waals surface area (Å²) in [5.41, 5.74) is -2.05. The molecule has 1 aromatic rings. The average molecular weight is 614 g/mol. The van der Waals surface area contributed by atoms with Gasteiger partial charge in [-0.1, -0.05) is 6.92 Å². The van der Waals surface area contributed by atoms with Crippen LogP contribution in [0.25, 0.3) is 0 Å². The van der Waals surface area contributed by atoms with Gasteiger partial charge in [-0.25, -0.2) is 4.79 Å². The lowest BCUT2D eigenvalue weighted by molar-refractivity contribution is -0.282. The van der Waals surface area contributed by atoms with Crippen LogP contribution in [0.4, 0.5) is 0 Å². The van der Waals surface area contributed by atoms with Gasteiger partial charge in [0.15, 0.2) is 6.29 Å². The van der Waals surface area contributed by atoms with Gasteiger partial charge in [-0.15, -0.1) is 0 Å². The van der Waals surface area contributed by atoms with Crippen LogP contribution >= 0.6 is 0 Å². The van der Waals surface area contributed by atoms with E-state index in [4.69, 9.17) is 23.6 Å². The first kappa shape index (κ1) is 30.6. The van der Waals surface area contributed by atoms with Crippen molar-refractivity contribution < 1.29 is 43.8 Å². The molecule has 5 fully saturated rings. The summed E-state index contributed by atoms with van der Waals surface area (Å²) >= 11 is 0. The molecule has 0 aromatic carbocycles. The van der Waals surface area contributed by atoms with Crippen LogP contribution in [0, 0.1) is 28.6 Å². The minimum atomic E-state index is -1.10. The predicted octanol–water partition coefficient (Wildman–Crippen LogP) is 3.44. The highest BCUT2D eigenvalue weighted by Gasteiger charge is 2.71. The second kappa shape index (κ2) is 11.0. The van der Waals surface area contributed by atoms with Crippen LogP contribution < -0.4 is 0 Å². The molecule has 0 bridgehead atoms. The lowest BCUT2D eigenvalue weighted by Crippen LogP contribution is -2.69. The van der Waals surface area contributed by atoms with E-state index >= 15 is 0 Å². The zero-order valence-electron chi connectivity index (χ0n) is 25.8. The summed E-state index contributed by atoms with van der Waals surface area (Å²) in [6.45, 7) is 4.61. The van der Waals surface area contributed by atoms with E-state index in [0.29, 0.717) is 51.7 Å². The number of fused-ring (bicyclic) bond motifs is 5. The van der Waals surface area contributed by atoms with Gasteiger partial charge in [-0.2, -0.15) is 0 Å². The Labute approximate surface area is 258 Å². The number of rotatable bonds is 6. The molecular formula is C34H47NO9. The van der Waals surface area contributed by atoms with E-state index in [0.717, 1.165) is 30.6 Å². The number of nitrogens with zero attached hydrogens (tertiary/aromatic N) is 1. The molecule has 1 saturated heterocycles. The number of aliphatic hydroxyl groups is 4. The van der Waals surface area contributed by atoms with E-state index in [1.807, 2.05) is 18.3 Å². The van der Waals surface area contributed by atoms with Crippen molar-refractivity contribution in [3.63, 3.8) is 0 Å². The lowest BCUT2D eigenvalue weighted by atomic mass is 9.41. The molecule has 4 N–H and O–H groups in total. The standard InChI is InChI=1S/C34H47NO9/c1-20-30(38)27(36)15-29(43-20)44-22-5-10-32(19-35-17-23-4-3-13-41-23)25-6-9-31(2)24(21-14-28(37)42-18-21)8-12-34(31,40)26(25)7-11-33(32,39)16-22/h3-4,13-14,19-20,22,24-27,29-30,36,38-40H,5-12,15-18H2,1-2H3/t20-,22-,24+,25-,26+,27-,29+,30+,31+,32-,33-,34-/m0/s1. The average Bonchev–Trinajstić information content (AvgIpc) is 3.71. The summed E-state index contributed by atoms with van der Waals surface area (Å²) < 4.78 is 23.0. The van der Waals surface area contributed by atoms with Crippen molar-refractivity contribution in [2.75, 3.05) is 6.61 Å². The molecule has 242 valence electrons. The number of cyclic esters (lactones) is 1. The Bertz CT molecular complexity index is 1290. The number of aliphatic hydroxyl groups excluding tert-OH is 2. The first-order valence-corrected chi connectivity index (χ1v) is 16.5. The van der Waals surface area contributed by atoms with E-state index in [-0.39, 0.29) is 41.7 Å². The summed E-state index contributed by atoms with van der Waals surface area (Å²) in [6, 6.07) is 3.74. The number of carbonyl (C=O) groups is 1. The second-order valence-electron chi connectivity index (χ2n) is 14.7. The van der Waals surface area contributed by atoms with Crippen molar-refractivity contribution in [3.8, 4) is 0 Å². The molecule has 6 aliphatic rings. The molecule has 4 aliphatic carbocycles. The minimum Gasteiger partial charge on any atom is -0.467 e. The Morgan fingerprint density at radius 1 is 1.09 bits per heavy atom. The largest absolute Gasteiger partial charge is 0.467 e. The van der Waals surface area contributed by atoms with E-state index in [1.165, 1.54) is 0 Å². The predicted molar refractivity (Wildman–Crippen MR) is 158 cm³/mol. The zero-order valence-corrected chi connectivity index (χ0v) is 25.8. The Morgan fingerprint density at radius 3 is 2.64 bits per heavy atom. The highest BCUT2D eigenvalue weighted by Crippen LogP contribution is 2.70. The highest BCUT2D eigenvalue weighted by molar-refractivity contribution is 5.85. The van der Waals surface area contributed by atoms with Gasteiger partial charge in [0.1, 0.15) is 18.5 Å². The molecule has 0 spiro atoms. The molecule has 0 unspecified atom stereocenters. The first-order chi connectivity index (χ1) is 21.0. The lowest BCUT2D eigenvalue weighted by Gasteiger charge is -2.66. The van der Waals surface area contributed by atoms with Gasteiger partial charge in [0.25, 0.3) is 0 Å². The van der Waals surface area contributed by atoms with E-state index < -0.39 is 41.2 Å². The van der Waals surface area contributed by atoms with Crippen molar-refractivity contribution in [1.82, 2.24) is 0 Å². The third kappa shape index (κ3) is 4.66. The molecule has 1 aromatic heterocycles. The normalized spacial score (nSPS) is 48.9. The molecule has 7 rings (SSSR count). The molecule has 10 heteroatoms. The summed E-state index contributed by atoms with van der Waals surface area (Å²) in [4.78, 5) is 16.8. The van der Waals surface area contributed by atoms with E-state index in [2.05, 4.69) is 6.92 Å². The number of hydrogen-bond acceptors (Lipinski definition) is 10. The maximum Gasteiger partial charge on any atom is 0.331 e. The molecule has 12 atom stereocenters. The third-order valence-corrected chi connectivity index (χ3v) is 12.8. The Hall–Kier alpha value is -2.08. The molecule has 3 heterocycles. The fourth-order valence-corrected chi connectivity index (χ4v) is 10.5. The van der Waals surface area contributed by atoms with Gasteiger partial charge < -0.3 is 39.1 Å². The van der Waals surface area contributed by atoms with Crippen LogP contribution in [-0.2, 0) is 25.5 Å². The molecule has 0 amide bonds. The summed E-state index contributed by atoms with van der Waals surface area (Å²) in [5.74, 6) is 0.569. The van der Waals surface area contributed by atoms with Gasteiger partial charge in [0.2, 0.25) is 0 Å². The van der Waals surface area contributed by atoms with E-state index in [1.54, 1.807) is 19.3 Å². The molecule has 0 radical (unpaired) electrons. The fourth-order valence-electron chi connectivity index (χ4n) is 10.5. The summed E-state index contributed by atoms with van der Waals surface area (Å²) in [5, 5.41) is 45.8. The topological polar surface area (TPSA) is 151 Å². The van der Waals surface area contributed by atoms with Gasteiger partial charge in [-0.05, 0) is 93.7 Å². The number of carbonyl (C=O) groups excluding carboxylic acids is 1. The smallest absolute Gasteiger partial charge is 0.331 e. The highest BCUT2D eigenvalue weighted by atomic mass is 16.7. The fraction of sp³-hybridized carbons (Fsp3) is 0.765. The number of ether oxygens (including phenoxy) is 3. The van der Waals surface area contributed by atoms with Crippen molar-refractivity contribution in [1.29, 1.82) is 0 Å². The first-order valence-electron chi connectivity index (χ1n) is 16.5. The van der Waals surface area contributed by atoms with Gasteiger partial charge in [-0.3, -0.25) is 4.99 Å². The van der Waals surface area contributed by atoms with Crippen LogP contribution in [-0.4, -0.2) is 81.1 Å². The van der Waals surface area contributed by atoms with Crippen LogP contribution in [0.5, 0.6) is 0 Å². The number of aliphatic imine (C=N–C) groups is 1. The maximum absolute atomic E-state index is 12.7. The molecule has 44 heavy (non-hydrogen) atoms. The Morgan fingerprint density at radius 2 is 1.91 bits per heavy atom. The van der Waals surface area contributed by atoms with Crippen molar-refractivity contribution >= 4 is 12.2 Å². The van der Waals surface area contributed by atoms with Crippen LogP contribution in [0.1, 0.15) is 83.8 Å². The van der Waals surface area contributed by atoms with Gasteiger partial charge in [0, 0.05) is 36.0 Å². The van der Waals surface area contributed by atoms with Gasteiger partial charge >= 0.3 is 5.97 Å².